The lowest BCUT2D eigenvalue weighted by atomic mass is 10.1. The summed E-state index contributed by atoms with van der Waals surface area (Å²) >= 11 is 0. The standard InChI is InChI=1S/C24H21N5O4/c25-21-20-17(22(31)26-23(20)32)14-19(30)29(21)18-9-5-4-8-16(18)24(33)28-12-10-27(11-13-28)15-6-2-1-3-7-15/h1-9,14H,10-13,25H2,(H,26,31,32). The number of carbonyl (C=O) groups is 3. The minimum atomic E-state index is -0.665. The lowest BCUT2D eigenvalue weighted by Gasteiger charge is -2.36. The Labute approximate surface area is 189 Å². The van der Waals surface area contributed by atoms with Gasteiger partial charge in [-0.1, -0.05) is 30.3 Å². The summed E-state index contributed by atoms with van der Waals surface area (Å²) < 4.78 is 1.12. The van der Waals surface area contributed by atoms with Gasteiger partial charge in [0.1, 0.15) is 5.82 Å². The van der Waals surface area contributed by atoms with Gasteiger partial charge in [0.05, 0.1) is 22.4 Å². The van der Waals surface area contributed by atoms with Gasteiger partial charge in [-0.15, -0.1) is 0 Å². The molecule has 1 saturated heterocycles. The molecule has 0 saturated carbocycles. The maximum Gasteiger partial charge on any atom is 0.262 e. The number of pyridine rings is 1. The highest BCUT2D eigenvalue weighted by atomic mass is 16.2. The number of rotatable bonds is 3. The summed E-state index contributed by atoms with van der Waals surface area (Å²) in [5, 5.41) is 2.15. The molecule has 0 spiro atoms. The first-order valence-electron chi connectivity index (χ1n) is 10.6. The number of benzene rings is 2. The highest BCUT2D eigenvalue weighted by molar-refractivity contribution is 6.23. The van der Waals surface area contributed by atoms with E-state index in [1.165, 1.54) is 0 Å². The van der Waals surface area contributed by atoms with Crippen molar-refractivity contribution < 1.29 is 14.4 Å². The molecule has 1 fully saturated rings. The van der Waals surface area contributed by atoms with Gasteiger partial charge < -0.3 is 15.5 Å². The quantitative estimate of drug-likeness (QED) is 0.589. The zero-order chi connectivity index (χ0) is 23.1. The van der Waals surface area contributed by atoms with Gasteiger partial charge in [0.25, 0.3) is 23.3 Å². The number of aromatic nitrogens is 1. The van der Waals surface area contributed by atoms with Gasteiger partial charge >= 0.3 is 0 Å². The molecule has 9 nitrogen and oxygen atoms in total. The Balaban J connectivity index is 1.47. The first-order chi connectivity index (χ1) is 16.0. The number of para-hydroxylation sites is 2. The fourth-order valence-electron chi connectivity index (χ4n) is 4.35. The van der Waals surface area contributed by atoms with E-state index < -0.39 is 17.4 Å². The van der Waals surface area contributed by atoms with E-state index in [-0.39, 0.29) is 28.5 Å². The molecule has 3 aromatic rings. The van der Waals surface area contributed by atoms with Crippen molar-refractivity contribution in [2.24, 2.45) is 0 Å². The number of nitrogens with zero attached hydrogens (tertiary/aromatic N) is 3. The van der Waals surface area contributed by atoms with Crippen LogP contribution in [0.3, 0.4) is 0 Å². The zero-order valence-corrected chi connectivity index (χ0v) is 17.7. The van der Waals surface area contributed by atoms with Crippen molar-refractivity contribution in [3.05, 3.63) is 87.7 Å². The van der Waals surface area contributed by atoms with Crippen LogP contribution in [-0.4, -0.2) is 53.4 Å². The first-order valence-corrected chi connectivity index (χ1v) is 10.6. The number of nitrogen functional groups attached to an aromatic ring is 1. The van der Waals surface area contributed by atoms with E-state index in [0.29, 0.717) is 31.7 Å². The maximum atomic E-state index is 13.4. The molecule has 2 aliphatic heterocycles. The number of nitrogens with one attached hydrogen (secondary N) is 1. The van der Waals surface area contributed by atoms with Crippen LogP contribution in [0.25, 0.3) is 5.69 Å². The van der Waals surface area contributed by atoms with E-state index in [2.05, 4.69) is 10.2 Å². The van der Waals surface area contributed by atoms with Crippen molar-refractivity contribution in [3.8, 4) is 5.69 Å². The molecule has 0 bridgehead atoms. The minimum absolute atomic E-state index is 0.0559. The fraction of sp³-hybridized carbons (Fsp3) is 0.167. The van der Waals surface area contributed by atoms with Crippen molar-refractivity contribution in [2.75, 3.05) is 36.8 Å². The molecule has 166 valence electrons. The van der Waals surface area contributed by atoms with Crippen LogP contribution >= 0.6 is 0 Å². The number of imide groups is 1. The van der Waals surface area contributed by atoms with E-state index in [4.69, 9.17) is 5.73 Å². The molecule has 3 N–H and O–H groups in total. The monoisotopic (exact) mass is 443 g/mol. The topological polar surface area (TPSA) is 118 Å². The number of anilines is 2. The van der Waals surface area contributed by atoms with Crippen molar-refractivity contribution in [3.63, 3.8) is 0 Å². The third kappa shape index (κ3) is 3.43. The number of fused-ring (bicyclic) bond motifs is 1. The van der Waals surface area contributed by atoms with E-state index >= 15 is 0 Å². The number of amides is 3. The van der Waals surface area contributed by atoms with Crippen LogP contribution in [0.5, 0.6) is 0 Å². The third-order valence-electron chi connectivity index (χ3n) is 6.02. The summed E-state index contributed by atoms with van der Waals surface area (Å²) in [7, 11) is 0. The normalized spacial score (nSPS) is 15.4. The summed E-state index contributed by atoms with van der Waals surface area (Å²) in [6.07, 6.45) is 0. The van der Waals surface area contributed by atoms with E-state index in [1.54, 1.807) is 29.2 Å². The van der Waals surface area contributed by atoms with Crippen LogP contribution in [0.4, 0.5) is 11.5 Å². The number of hydrogen-bond donors (Lipinski definition) is 2. The highest BCUT2D eigenvalue weighted by Gasteiger charge is 2.33. The Morgan fingerprint density at radius 2 is 1.52 bits per heavy atom. The molecule has 0 aliphatic carbocycles. The summed E-state index contributed by atoms with van der Waals surface area (Å²) in [4.78, 5) is 54.4. The lowest BCUT2D eigenvalue weighted by molar-refractivity contribution is 0.0746. The Bertz CT molecular complexity index is 1340. The van der Waals surface area contributed by atoms with E-state index in [9.17, 15) is 19.2 Å². The molecule has 3 heterocycles. The maximum absolute atomic E-state index is 13.4. The molecule has 2 aliphatic rings. The van der Waals surface area contributed by atoms with Crippen LogP contribution in [-0.2, 0) is 0 Å². The fourth-order valence-corrected chi connectivity index (χ4v) is 4.35. The van der Waals surface area contributed by atoms with Gasteiger partial charge in [-0.25, -0.2) is 0 Å². The average Bonchev–Trinajstić information content (AvgIpc) is 3.12. The van der Waals surface area contributed by atoms with Crippen LogP contribution in [0.15, 0.2) is 65.5 Å². The Hall–Kier alpha value is -4.40. The van der Waals surface area contributed by atoms with Crippen molar-refractivity contribution >= 4 is 29.2 Å². The van der Waals surface area contributed by atoms with Crippen molar-refractivity contribution in [1.29, 1.82) is 0 Å². The predicted octanol–water partition coefficient (Wildman–Crippen LogP) is 1.27. The van der Waals surface area contributed by atoms with E-state index in [0.717, 1.165) is 16.3 Å². The highest BCUT2D eigenvalue weighted by Crippen LogP contribution is 2.25. The molecule has 0 atom stereocenters. The predicted molar refractivity (Wildman–Crippen MR) is 123 cm³/mol. The second-order valence-corrected chi connectivity index (χ2v) is 7.91. The van der Waals surface area contributed by atoms with Crippen LogP contribution in [0, 0.1) is 0 Å². The summed E-state index contributed by atoms with van der Waals surface area (Å²) in [6, 6.07) is 17.7. The van der Waals surface area contributed by atoms with Crippen LogP contribution in [0.1, 0.15) is 31.1 Å². The molecule has 0 radical (unpaired) electrons. The molecular formula is C24H21N5O4. The third-order valence-corrected chi connectivity index (χ3v) is 6.02. The second-order valence-electron chi connectivity index (χ2n) is 7.91. The number of carbonyl (C=O) groups excluding carboxylic acids is 3. The number of hydrogen-bond acceptors (Lipinski definition) is 6. The smallest absolute Gasteiger partial charge is 0.262 e. The van der Waals surface area contributed by atoms with E-state index in [1.807, 2.05) is 30.3 Å². The van der Waals surface area contributed by atoms with Crippen molar-refractivity contribution in [1.82, 2.24) is 14.8 Å². The number of nitrogens with two attached hydrogens (primary N) is 1. The minimum Gasteiger partial charge on any atom is -0.384 e. The average molecular weight is 443 g/mol. The lowest BCUT2D eigenvalue weighted by Crippen LogP contribution is -2.49. The SMILES string of the molecule is Nc1c2c(cc(=O)n1-c1ccccc1C(=O)N1CCN(c3ccccc3)CC1)C(=O)NC2=O. The first kappa shape index (κ1) is 20.5. The molecule has 5 rings (SSSR count). The van der Waals surface area contributed by atoms with Gasteiger partial charge in [0.15, 0.2) is 0 Å². The molecule has 2 aromatic carbocycles. The summed E-state index contributed by atoms with van der Waals surface area (Å²) in [6.45, 7) is 2.41. The van der Waals surface area contributed by atoms with Gasteiger partial charge in [-0.05, 0) is 24.3 Å². The molecule has 3 amide bonds. The van der Waals surface area contributed by atoms with Crippen LogP contribution < -0.4 is 21.5 Å². The molecular weight excluding hydrogens is 422 g/mol. The Kier molecular flexibility index (Phi) is 4.93. The van der Waals surface area contributed by atoms with Gasteiger partial charge in [0, 0.05) is 37.9 Å². The van der Waals surface area contributed by atoms with Gasteiger partial charge in [-0.2, -0.15) is 0 Å². The second kappa shape index (κ2) is 7.94. The largest absolute Gasteiger partial charge is 0.384 e. The Morgan fingerprint density at radius 1 is 0.848 bits per heavy atom. The summed E-state index contributed by atoms with van der Waals surface area (Å²) in [5.74, 6) is -1.73. The molecule has 0 unspecified atom stereocenters. The summed E-state index contributed by atoms with van der Waals surface area (Å²) in [5.41, 5.74) is 7.13. The molecule has 33 heavy (non-hydrogen) atoms. The zero-order valence-electron chi connectivity index (χ0n) is 17.7. The van der Waals surface area contributed by atoms with Gasteiger partial charge in [-0.3, -0.25) is 29.1 Å². The van der Waals surface area contributed by atoms with Crippen LogP contribution in [0.2, 0.25) is 0 Å². The Morgan fingerprint density at radius 3 is 2.24 bits per heavy atom. The van der Waals surface area contributed by atoms with Gasteiger partial charge in [0.2, 0.25) is 0 Å². The molecule has 9 heteroatoms. The van der Waals surface area contributed by atoms with Crippen molar-refractivity contribution in [2.45, 2.75) is 0 Å². The molecule has 1 aromatic heterocycles. The number of piperazine rings is 1.